The van der Waals surface area contributed by atoms with Crippen molar-refractivity contribution >= 4 is 28.3 Å². The van der Waals surface area contributed by atoms with Crippen LogP contribution in [0, 0.1) is 0 Å². The van der Waals surface area contributed by atoms with Crippen LogP contribution in [0.5, 0.6) is 5.75 Å². The lowest BCUT2D eigenvalue weighted by Gasteiger charge is -2.27. The van der Waals surface area contributed by atoms with Crippen LogP contribution in [0.2, 0.25) is 0 Å². The molecule has 18 heavy (non-hydrogen) atoms. The molecule has 0 spiro atoms. The van der Waals surface area contributed by atoms with Crippen molar-refractivity contribution in [1.82, 2.24) is 10.2 Å². The van der Waals surface area contributed by atoms with Gasteiger partial charge in [-0.15, -0.1) is 12.4 Å². The van der Waals surface area contributed by atoms with Crippen molar-refractivity contribution in [3.63, 3.8) is 0 Å². The van der Waals surface area contributed by atoms with Crippen LogP contribution in [0.3, 0.4) is 0 Å². The second-order valence-electron chi connectivity index (χ2n) is 4.88. The van der Waals surface area contributed by atoms with Crippen LogP contribution in [0.15, 0.2) is 22.7 Å². The number of fused-ring (bicyclic) bond motifs is 2. The summed E-state index contributed by atoms with van der Waals surface area (Å²) in [4.78, 5) is 2.56. The number of methoxy groups -OCH3 is 1. The van der Waals surface area contributed by atoms with Crippen molar-refractivity contribution in [2.75, 3.05) is 20.2 Å². The zero-order valence-electron chi connectivity index (χ0n) is 10.4. The average molecular weight is 334 g/mol. The minimum absolute atomic E-state index is 0. The topological polar surface area (TPSA) is 24.5 Å². The van der Waals surface area contributed by atoms with Gasteiger partial charge in [-0.3, -0.25) is 4.90 Å². The number of halogens is 2. The number of nitrogens with one attached hydrogen (secondary N) is 1. The van der Waals surface area contributed by atoms with E-state index in [1.807, 2.05) is 6.07 Å². The molecule has 2 bridgehead atoms. The summed E-state index contributed by atoms with van der Waals surface area (Å²) < 4.78 is 6.52. The average Bonchev–Trinajstić information content (AvgIpc) is 2.93. The van der Waals surface area contributed by atoms with E-state index in [4.69, 9.17) is 4.74 Å². The van der Waals surface area contributed by atoms with Gasteiger partial charge in [-0.05, 0) is 18.6 Å². The SMILES string of the molecule is COc1cc(Br)ccc1CN1C[C@H]2C[C@@H]1CN2.Cl. The van der Waals surface area contributed by atoms with Gasteiger partial charge in [0.05, 0.1) is 7.11 Å². The quantitative estimate of drug-likeness (QED) is 0.919. The predicted octanol–water partition coefficient (Wildman–Crippen LogP) is 2.43. The molecule has 2 aliphatic heterocycles. The Kier molecular flexibility index (Phi) is 4.54. The van der Waals surface area contributed by atoms with Crippen molar-refractivity contribution in [2.45, 2.75) is 25.0 Å². The largest absolute Gasteiger partial charge is 0.496 e. The van der Waals surface area contributed by atoms with Crippen molar-refractivity contribution in [3.8, 4) is 5.75 Å². The zero-order valence-corrected chi connectivity index (χ0v) is 12.8. The molecule has 1 N–H and O–H groups in total. The Morgan fingerprint density at radius 1 is 1.50 bits per heavy atom. The number of nitrogens with zero attached hydrogens (tertiary/aromatic N) is 1. The molecule has 0 unspecified atom stereocenters. The normalized spacial score (nSPS) is 26.1. The van der Waals surface area contributed by atoms with Gasteiger partial charge in [-0.25, -0.2) is 0 Å². The van der Waals surface area contributed by atoms with E-state index < -0.39 is 0 Å². The van der Waals surface area contributed by atoms with Crippen LogP contribution in [-0.4, -0.2) is 37.2 Å². The summed E-state index contributed by atoms with van der Waals surface area (Å²) >= 11 is 3.48. The lowest BCUT2D eigenvalue weighted by molar-refractivity contribution is 0.215. The molecule has 2 aliphatic rings. The summed E-state index contributed by atoms with van der Waals surface area (Å²) in [5.74, 6) is 0.982. The van der Waals surface area contributed by atoms with E-state index in [2.05, 4.69) is 38.3 Å². The minimum atomic E-state index is 0. The molecule has 1 aromatic rings. The number of rotatable bonds is 3. The van der Waals surface area contributed by atoms with Crippen molar-refractivity contribution in [3.05, 3.63) is 28.2 Å². The van der Waals surface area contributed by atoms with Gasteiger partial charge in [-0.1, -0.05) is 22.0 Å². The smallest absolute Gasteiger partial charge is 0.124 e. The van der Waals surface area contributed by atoms with Crippen molar-refractivity contribution in [2.24, 2.45) is 0 Å². The number of hydrogen-bond donors (Lipinski definition) is 1. The zero-order chi connectivity index (χ0) is 11.8. The molecular formula is C13H18BrClN2O. The summed E-state index contributed by atoms with van der Waals surface area (Å²) in [6.45, 7) is 3.31. The molecule has 100 valence electrons. The maximum atomic E-state index is 5.44. The summed E-state index contributed by atoms with van der Waals surface area (Å²) in [6.07, 6.45) is 1.30. The lowest BCUT2D eigenvalue weighted by atomic mass is 10.1. The maximum absolute atomic E-state index is 5.44. The summed E-state index contributed by atoms with van der Waals surface area (Å²) in [6, 6.07) is 7.71. The molecule has 2 fully saturated rings. The van der Waals surface area contributed by atoms with Gasteiger partial charge >= 0.3 is 0 Å². The number of benzene rings is 1. The second-order valence-corrected chi connectivity index (χ2v) is 5.80. The van der Waals surface area contributed by atoms with Crippen LogP contribution in [0.1, 0.15) is 12.0 Å². The number of ether oxygens (including phenoxy) is 1. The Hall–Kier alpha value is -0.290. The minimum Gasteiger partial charge on any atom is -0.496 e. The van der Waals surface area contributed by atoms with Crippen LogP contribution in [0.25, 0.3) is 0 Å². The van der Waals surface area contributed by atoms with Gasteiger partial charge < -0.3 is 10.1 Å². The highest BCUT2D eigenvalue weighted by Crippen LogP contribution is 2.29. The molecule has 3 rings (SSSR count). The van der Waals surface area contributed by atoms with Gasteiger partial charge in [0.2, 0.25) is 0 Å². The Labute approximate surface area is 122 Å². The Morgan fingerprint density at radius 2 is 2.33 bits per heavy atom. The molecule has 2 atom stereocenters. The number of likely N-dealkylation sites (tertiary alicyclic amines) is 1. The van der Waals surface area contributed by atoms with Crippen LogP contribution in [-0.2, 0) is 6.54 Å². The first-order valence-electron chi connectivity index (χ1n) is 6.06. The fourth-order valence-corrected chi connectivity index (χ4v) is 3.25. The van der Waals surface area contributed by atoms with Crippen LogP contribution < -0.4 is 10.1 Å². The molecule has 0 aliphatic carbocycles. The van der Waals surface area contributed by atoms with Gasteiger partial charge in [-0.2, -0.15) is 0 Å². The Morgan fingerprint density at radius 3 is 2.94 bits per heavy atom. The highest BCUT2D eigenvalue weighted by atomic mass is 79.9. The highest BCUT2D eigenvalue weighted by Gasteiger charge is 2.37. The van der Waals surface area contributed by atoms with E-state index >= 15 is 0 Å². The standard InChI is InChI=1S/C13H17BrN2O.ClH/c1-17-13-4-10(14)3-2-9(13)7-16-8-11-5-12(16)6-15-11;/h2-4,11-12,15H,5-8H2,1H3;1H/t11-,12-;/m1./s1. The van der Waals surface area contributed by atoms with E-state index in [1.54, 1.807) is 7.11 Å². The monoisotopic (exact) mass is 332 g/mol. The van der Waals surface area contributed by atoms with Crippen molar-refractivity contribution in [1.29, 1.82) is 0 Å². The van der Waals surface area contributed by atoms with Crippen molar-refractivity contribution < 1.29 is 4.74 Å². The first-order valence-corrected chi connectivity index (χ1v) is 6.85. The fraction of sp³-hybridized carbons (Fsp3) is 0.538. The van der Waals surface area contributed by atoms with E-state index in [-0.39, 0.29) is 12.4 Å². The molecule has 2 saturated heterocycles. The Bertz CT molecular complexity index is 429. The third kappa shape index (κ3) is 2.67. The molecule has 3 nitrogen and oxygen atoms in total. The molecular weight excluding hydrogens is 316 g/mol. The molecule has 5 heteroatoms. The molecule has 0 saturated carbocycles. The van der Waals surface area contributed by atoms with Crippen LogP contribution in [0.4, 0.5) is 0 Å². The van der Waals surface area contributed by atoms with E-state index in [1.165, 1.54) is 18.5 Å². The number of piperazine rings is 1. The molecule has 0 amide bonds. The van der Waals surface area contributed by atoms with Gasteiger partial charge in [0.25, 0.3) is 0 Å². The van der Waals surface area contributed by atoms with Gasteiger partial charge in [0.15, 0.2) is 0 Å². The number of hydrogen-bond acceptors (Lipinski definition) is 3. The summed E-state index contributed by atoms with van der Waals surface area (Å²) in [7, 11) is 1.74. The van der Waals surface area contributed by atoms with Gasteiger partial charge in [0, 0.05) is 41.8 Å². The molecule has 0 aromatic heterocycles. The maximum Gasteiger partial charge on any atom is 0.124 e. The van der Waals surface area contributed by atoms with E-state index in [0.717, 1.165) is 23.3 Å². The summed E-state index contributed by atoms with van der Waals surface area (Å²) in [5.41, 5.74) is 1.28. The van der Waals surface area contributed by atoms with E-state index in [0.29, 0.717) is 12.1 Å². The molecule has 1 aromatic carbocycles. The lowest BCUT2D eigenvalue weighted by Crippen LogP contribution is -2.43. The highest BCUT2D eigenvalue weighted by molar-refractivity contribution is 9.10. The van der Waals surface area contributed by atoms with Gasteiger partial charge in [0.1, 0.15) is 5.75 Å². The molecule has 2 heterocycles. The first-order chi connectivity index (χ1) is 8.26. The first kappa shape index (κ1) is 14.1. The van der Waals surface area contributed by atoms with Crippen LogP contribution >= 0.6 is 28.3 Å². The second kappa shape index (κ2) is 5.78. The predicted molar refractivity (Wildman–Crippen MR) is 78.5 cm³/mol. The fourth-order valence-electron chi connectivity index (χ4n) is 2.91. The third-order valence-electron chi connectivity index (χ3n) is 3.79. The molecule has 0 radical (unpaired) electrons. The third-order valence-corrected chi connectivity index (χ3v) is 4.29. The Balaban J connectivity index is 0.00000120. The van der Waals surface area contributed by atoms with E-state index in [9.17, 15) is 0 Å². The summed E-state index contributed by atoms with van der Waals surface area (Å²) in [5, 5.41) is 3.53.